The van der Waals surface area contributed by atoms with Gasteiger partial charge in [0, 0.05) is 5.92 Å². The lowest BCUT2D eigenvalue weighted by Crippen LogP contribution is -2.51. The predicted octanol–water partition coefficient (Wildman–Crippen LogP) is 7.85. The van der Waals surface area contributed by atoms with Gasteiger partial charge in [0.25, 0.3) is 0 Å². The lowest BCUT2D eigenvalue weighted by molar-refractivity contribution is -0.133. The molecule has 168 valence electrons. The minimum Gasteiger partial charge on any atom is -0.316 e. The van der Waals surface area contributed by atoms with Crippen molar-refractivity contribution in [3.05, 3.63) is 0 Å². The number of carbonyl (C=O) groups excluding carboxylic acids is 1. The number of hydroxylamine groups is 1. The third-order valence-electron chi connectivity index (χ3n) is 6.84. The van der Waals surface area contributed by atoms with Gasteiger partial charge < -0.3 is 5.21 Å². The van der Waals surface area contributed by atoms with Crippen LogP contribution in [-0.2, 0) is 4.79 Å². The van der Waals surface area contributed by atoms with Gasteiger partial charge in [-0.1, -0.05) is 105 Å². The van der Waals surface area contributed by atoms with Gasteiger partial charge in [-0.05, 0) is 37.5 Å². The molecule has 0 aromatic rings. The molecule has 0 saturated heterocycles. The number of hydrogen-bond donors (Lipinski definition) is 2. The van der Waals surface area contributed by atoms with Crippen molar-refractivity contribution in [1.29, 1.82) is 0 Å². The minimum absolute atomic E-state index is 0.0752. The van der Waals surface area contributed by atoms with Crippen molar-refractivity contribution in [3.8, 4) is 0 Å². The lowest BCUT2D eigenvalue weighted by atomic mass is 9.67. The van der Waals surface area contributed by atoms with Crippen molar-refractivity contribution in [2.24, 2.45) is 11.3 Å². The zero-order valence-electron chi connectivity index (χ0n) is 19.8. The van der Waals surface area contributed by atoms with Crippen molar-refractivity contribution in [1.82, 2.24) is 5.48 Å². The molecule has 3 atom stereocenters. The highest BCUT2D eigenvalue weighted by Crippen LogP contribution is 2.40. The molecule has 0 amide bonds. The first kappa shape index (κ1) is 27.6. The summed E-state index contributed by atoms with van der Waals surface area (Å²) < 4.78 is 0. The van der Waals surface area contributed by atoms with Crippen LogP contribution in [0.25, 0.3) is 0 Å². The first-order chi connectivity index (χ1) is 13.6. The van der Waals surface area contributed by atoms with E-state index in [1.807, 2.05) is 0 Å². The summed E-state index contributed by atoms with van der Waals surface area (Å²) in [5, 5.41) is 10.1. The van der Waals surface area contributed by atoms with E-state index < -0.39 is 6.04 Å². The molecule has 2 N–H and O–H groups in total. The zero-order valence-corrected chi connectivity index (χ0v) is 19.8. The van der Waals surface area contributed by atoms with Crippen LogP contribution in [-0.4, -0.2) is 17.0 Å². The third kappa shape index (κ3) is 9.87. The van der Waals surface area contributed by atoms with E-state index in [4.69, 9.17) is 0 Å². The SMILES string of the molecule is CCCCCCCCCC(CC)(CCCC)C(NO)C(=O)C(CC)CCCC. The van der Waals surface area contributed by atoms with Crippen LogP contribution >= 0.6 is 0 Å². The summed E-state index contributed by atoms with van der Waals surface area (Å²) in [4.78, 5) is 13.4. The maximum atomic E-state index is 13.4. The van der Waals surface area contributed by atoms with Gasteiger partial charge in [-0.2, -0.15) is 5.48 Å². The summed E-state index contributed by atoms with van der Waals surface area (Å²) in [6, 6.07) is -0.411. The molecule has 0 aromatic carbocycles. The Kier molecular flexibility index (Phi) is 17.2. The summed E-state index contributed by atoms with van der Waals surface area (Å²) in [5.41, 5.74) is 2.41. The largest absolute Gasteiger partial charge is 0.316 e. The van der Waals surface area contributed by atoms with Crippen molar-refractivity contribution in [2.45, 2.75) is 143 Å². The van der Waals surface area contributed by atoms with Gasteiger partial charge in [0.15, 0.2) is 5.78 Å². The number of rotatable bonds is 20. The molecule has 28 heavy (non-hydrogen) atoms. The molecule has 3 nitrogen and oxygen atoms in total. The Morgan fingerprint density at radius 2 is 1.32 bits per heavy atom. The number of Topliss-reactive ketones (excluding diaryl/α,β-unsaturated/α-hetero) is 1. The Morgan fingerprint density at radius 1 is 0.786 bits per heavy atom. The topological polar surface area (TPSA) is 49.3 Å². The van der Waals surface area contributed by atoms with Crippen LogP contribution in [0.5, 0.6) is 0 Å². The number of hydrogen-bond acceptors (Lipinski definition) is 3. The van der Waals surface area contributed by atoms with Crippen LogP contribution in [0, 0.1) is 11.3 Å². The summed E-state index contributed by atoms with van der Waals surface area (Å²) in [5.74, 6) is 0.325. The monoisotopic (exact) mass is 397 g/mol. The van der Waals surface area contributed by atoms with E-state index in [-0.39, 0.29) is 17.1 Å². The highest BCUT2D eigenvalue weighted by Gasteiger charge is 2.42. The molecule has 0 bridgehead atoms. The Labute approximate surface area is 176 Å². The zero-order chi connectivity index (χ0) is 21.3. The van der Waals surface area contributed by atoms with Crippen LogP contribution in [0.2, 0.25) is 0 Å². The summed E-state index contributed by atoms with van der Waals surface area (Å²) >= 11 is 0. The molecule has 0 fully saturated rings. The molecular formula is C25H51NO2. The summed E-state index contributed by atoms with van der Waals surface area (Å²) in [6.45, 7) is 11.0. The Balaban J connectivity index is 5.09. The smallest absolute Gasteiger partial charge is 0.155 e. The van der Waals surface area contributed by atoms with Gasteiger partial charge in [-0.25, -0.2) is 0 Å². The fraction of sp³-hybridized carbons (Fsp3) is 0.960. The first-order valence-corrected chi connectivity index (χ1v) is 12.5. The summed E-state index contributed by atoms with van der Waals surface area (Å²) in [6.07, 6.45) is 18.4. The molecule has 0 heterocycles. The van der Waals surface area contributed by atoms with E-state index in [1.165, 1.54) is 44.9 Å². The molecule has 0 aromatic heterocycles. The average molecular weight is 398 g/mol. The Hall–Kier alpha value is -0.410. The molecule has 0 radical (unpaired) electrons. The third-order valence-corrected chi connectivity index (χ3v) is 6.84. The van der Waals surface area contributed by atoms with Crippen molar-refractivity contribution >= 4 is 5.78 Å². The quantitative estimate of drug-likeness (QED) is 0.162. The van der Waals surface area contributed by atoms with Gasteiger partial charge in [0.05, 0.1) is 6.04 Å². The molecule has 0 saturated carbocycles. The van der Waals surface area contributed by atoms with Crippen molar-refractivity contribution in [3.63, 3.8) is 0 Å². The van der Waals surface area contributed by atoms with Crippen molar-refractivity contribution in [2.75, 3.05) is 0 Å². The van der Waals surface area contributed by atoms with Crippen LogP contribution in [0.4, 0.5) is 0 Å². The van der Waals surface area contributed by atoms with Crippen LogP contribution in [0.15, 0.2) is 0 Å². The maximum absolute atomic E-state index is 13.4. The van der Waals surface area contributed by atoms with E-state index in [2.05, 4.69) is 40.1 Å². The predicted molar refractivity (Wildman–Crippen MR) is 122 cm³/mol. The van der Waals surface area contributed by atoms with E-state index in [0.29, 0.717) is 0 Å². The van der Waals surface area contributed by atoms with Gasteiger partial charge in [0.1, 0.15) is 0 Å². The molecule has 0 aliphatic carbocycles. The van der Waals surface area contributed by atoms with Crippen LogP contribution in [0.1, 0.15) is 137 Å². The lowest BCUT2D eigenvalue weighted by Gasteiger charge is -2.40. The fourth-order valence-corrected chi connectivity index (χ4v) is 4.67. The van der Waals surface area contributed by atoms with Crippen molar-refractivity contribution < 1.29 is 10.0 Å². The second-order valence-electron chi connectivity index (χ2n) is 8.90. The Bertz CT molecular complexity index is 372. The van der Waals surface area contributed by atoms with Gasteiger partial charge in [-0.3, -0.25) is 4.79 Å². The highest BCUT2D eigenvalue weighted by molar-refractivity contribution is 5.87. The van der Waals surface area contributed by atoms with E-state index >= 15 is 0 Å². The number of nitrogens with one attached hydrogen (secondary N) is 1. The second-order valence-corrected chi connectivity index (χ2v) is 8.90. The molecular weight excluding hydrogens is 346 g/mol. The first-order valence-electron chi connectivity index (χ1n) is 12.5. The van der Waals surface area contributed by atoms with E-state index in [0.717, 1.165) is 57.8 Å². The number of ketones is 1. The van der Waals surface area contributed by atoms with Gasteiger partial charge in [0.2, 0.25) is 0 Å². The molecule has 0 rings (SSSR count). The van der Waals surface area contributed by atoms with Gasteiger partial charge in [-0.15, -0.1) is 0 Å². The van der Waals surface area contributed by atoms with E-state index in [1.54, 1.807) is 0 Å². The summed E-state index contributed by atoms with van der Waals surface area (Å²) in [7, 11) is 0. The molecule has 0 spiro atoms. The highest BCUT2D eigenvalue weighted by atomic mass is 16.5. The molecule has 3 unspecified atom stereocenters. The number of carbonyl (C=O) groups is 1. The molecule has 3 heteroatoms. The van der Waals surface area contributed by atoms with E-state index in [9.17, 15) is 10.0 Å². The maximum Gasteiger partial charge on any atom is 0.155 e. The second kappa shape index (κ2) is 17.4. The van der Waals surface area contributed by atoms with Gasteiger partial charge >= 0.3 is 0 Å². The standard InChI is InChI=1S/C25H51NO2/c1-6-11-14-15-16-17-18-21-25(10-5,20-13-8-3)24(26-28)23(27)22(9-4)19-12-7-2/h22,24,26,28H,6-21H2,1-5H3. The minimum atomic E-state index is -0.411. The number of unbranched alkanes of at least 4 members (excludes halogenated alkanes) is 8. The normalized spacial score (nSPS) is 15.9. The average Bonchev–Trinajstić information content (AvgIpc) is 2.71. The van der Waals surface area contributed by atoms with Crippen LogP contribution in [0.3, 0.4) is 0 Å². The molecule has 0 aliphatic heterocycles. The Morgan fingerprint density at radius 3 is 1.82 bits per heavy atom. The fourth-order valence-electron chi connectivity index (χ4n) is 4.67. The molecule has 0 aliphatic rings. The van der Waals surface area contributed by atoms with Crippen LogP contribution < -0.4 is 5.48 Å².